The van der Waals surface area contributed by atoms with Crippen molar-refractivity contribution >= 4 is 11.8 Å². The number of carbonyl (C=O) groups is 2. The first kappa shape index (κ1) is 20.6. The SMILES string of the molecule is COc1cccc(CC(=O)N2C[C@H](OC)C[C@H]2C(=O)NCC2CCCCC2)c1. The fourth-order valence-corrected chi connectivity index (χ4v) is 4.30. The first-order chi connectivity index (χ1) is 13.6. The van der Waals surface area contributed by atoms with Gasteiger partial charge < -0.3 is 19.7 Å². The minimum absolute atomic E-state index is 0.0504. The maximum Gasteiger partial charge on any atom is 0.242 e. The van der Waals surface area contributed by atoms with E-state index in [0.717, 1.165) is 11.3 Å². The Balaban J connectivity index is 1.61. The summed E-state index contributed by atoms with van der Waals surface area (Å²) in [6.07, 6.45) is 6.88. The van der Waals surface area contributed by atoms with E-state index in [4.69, 9.17) is 9.47 Å². The molecule has 0 radical (unpaired) electrons. The van der Waals surface area contributed by atoms with Crippen LogP contribution in [0.4, 0.5) is 0 Å². The second kappa shape index (κ2) is 9.92. The molecule has 3 rings (SSSR count). The van der Waals surface area contributed by atoms with Gasteiger partial charge in [0, 0.05) is 26.6 Å². The first-order valence-corrected chi connectivity index (χ1v) is 10.3. The molecular formula is C22H32N2O4. The van der Waals surface area contributed by atoms with Crippen LogP contribution in [0, 0.1) is 5.92 Å². The van der Waals surface area contributed by atoms with Crippen molar-refractivity contribution in [3.05, 3.63) is 29.8 Å². The van der Waals surface area contributed by atoms with E-state index in [-0.39, 0.29) is 24.3 Å². The summed E-state index contributed by atoms with van der Waals surface area (Å²) in [5.74, 6) is 1.19. The Morgan fingerprint density at radius 2 is 1.96 bits per heavy atom. The minimum atomic E-state index is -0.452. The van der Waals surface area contributed by atoms with Crippen LogP contribution in [0.5, 0.6) is 5.75 Å². The summed E-state index contributed by atoms with van der Waals surface area (Å²) in [7, 11) is 3.25. The second-order valence-corrected chi connectivity index (χ2v) is 7.93. The van der Waals surface area contributed by atoms with Gasteiger partial charge in [0.2, 0.25) is 11.8 Å². The van der Waals surface area contributed by atoms with Gasteiger partial charge in [-0.2, -0.15) is 0 Å². The van der Waals surface area contributed by atoms with Gasteiger partial charge in [-0.05, 0) is 36.5 Å². The molecular weight excluding hydrogens is 356 g/mol. The summed E-state index contributed by atoms with van der Waals surface area (Å²) < 4.78 is 10.7. The summed E-state index contributed by atoms with van der Waals surface area (Å²) in [5.41, 5.74) is 0.881. The molecule has 0 spiro atoms. The van der Waals surface area contributed by atoms with Gasteiger partial charge in [-0.15, -0.1) is 0 Å². The average Bonchev–Trinajstić information content (AvgIpc) is 3.18. The third-order valence-electron chi connectivity index (χ3n) is 6.00. The number of hydrogen-bond donors (Lipinski definition) is 1. The van der Waals surface area contributed by atoms with Gasteiger partial charge in [0.25, 0.3) is 0 Å². The Hall–Kier alpha value is -2.08. The monoisotopic (exact) mass is 388 g/mol. The van der Waals surface area contributed by atoms with E-state index in [1.54, 1.807) is 19.1 Å². The summed E-state index contributed by atoms with van der Waals surface area (Å²) >= 11 is 0. The molecule has 2 aliphatic rings. The van der Waals surface area contributed by atoms with E-state index in [0.29, 0.717) is 25.4 Å². The number of hydrogen-bond acceptors (Lipinski definition) is 4. The van der Waals surface area contributed by atoms with Crippen molar-refractivity contribution in [2.75, 3.05) is 27.3 Å². The largest absolute Gasteiger partial charge is 0.497 e. The molecule has 1 N–H and O–H groups in total. The number of likely N-dealkylation sites (tertiary alicyclic amines) is 1. The molecule has 1 saturated carbocycles. The molecule has 1 saturated heterocycles. The van der Waals surface area contributed by atoms with Crippen LogP contribution in [0.25, 0.3) is 0 Å². The number of carbonyl (C=O) groups excluding carboxylic acids is 2. The second-order valence-electron chi connectivity index (χ2n) is 7.93. The third kappa shape index (κ3) is 5.25. The summed E-state index contributed by atoms with van der Waals surface area (Å²) in [5, 5.41) is 3.10. The van der Waals surface area contributed by atoms with Crippen LogP contribution in [-0.2, 0) is 20.7 Å². The van der Waals surface area contributed by atoms with Gasteiger partial charge >= 0.3 is 0 Å². The molecule has 2 fully saturated rings. The average molecular weight is 389 g/mol. The van der Waals surface area contributed by atoms with Gasteiger partial charge in [0.05, 0.1) is 19.6 Å². The smallest absolute Gasteiger partial charge is 0.242 e. The molecule has 6 heteroatoms. The zero-order valence-corrected chi connectivity index (χ0v) is 17.0. The van der Waals surface area contributed by atoms with E-state index in [9.17, 15) is 9.59 Å². The molecule has 6 nitrogen and oxygen atoms in total. The van der Waals surface area contributed by atoms with E-state index in [2.05, 4.69) is 5.32 Å². The van der Waals surface area contributed by atoms with Crippen molar-refractivity contribution in [1.29, 1.82) is 0 Å². The molecule has 1 aromatic rings. The van der Waals surface area contributed by atoms with Gasteiger partial charge in [-0.3, -0.25) is 9.59 Å². The standard InChI is InChI=1S/C22H32N2O4/c1-27-18-10-6-9-17(11-18)12-21(25)24-15-19(28-2)13-20(24)22(26)23-14-16-7-4-3-5-8-16/h6,9-11,16,19-20H,3-5,7-8,12-15H2,1-2H3,(H,23,26)/t19-,20+/m1/s1. The van der Waals surface area contributed by atoms with Gasteiger partial charge in [-0.1, -0.05) is 31.4 Å². The van der Waals surface area contributed by atoms with Crippen molar-refractivity contribution < 1.29 is 19.1 Å². The molecule has 1 aromatic carbocycles. The van der Waals surface area contributed by atoms with Crippen LogP contribution in [0.2, 0.25) is 0 Å². The minimum Gasteiger partial charge on any atom is -0.497 e. The Morgan fingerprint density at radius 1 is 1.18 bits per heavy atom. The van der Waals surface area contributed by atoms with Gasteiger partial charge in [0.1, 0.15) is 11.8 Å². The number of rotatable bonds is 7. The predicted molar refractivity (Wildman–Crippen MR) is 107 cm³/mol. The molecule has 154 valence electrons. The van der Waals surface area contributed by atoms with E-state index in [1.807, 2.05) is 24.3 Å². The Bertz CT molecular complexity index is 672. The van der Waals surface area contributed by atoms with Crippen molar-refractivity contribution in [3.8, 4) is 5.75 Å². The van der Waals surface area contributed by atoms with E-state index < -0.39 is 6.04 Å². The zero-order valence-electron chi connectivity index (χ0n) is 17.0. The maximum absolute atomic E-state index is 12.9. The van der Waals surface area contributed by atoms with Crippen molar-refractivity contribution in [1.82, 2.24) is 10.2 Å². The molecule has 1 aliphatic carbocycles. The molecule has 0 bridgehead atoms. The van der Waals surface area contributed by atoms with Crippen LogP contribution in [0.3, 0.4) is 0 Å². The van der Waals surface area contributed by atoms with Crippen LogP contribution in [0.1, 0.15) is 44.1 Å². The predicted octanol–water partition coefficient (Wildman–Crippen LogP) is 2.55. The first-order valence-electron chi connectivity index (χ1n) is 10.3. The molecule has 28 heavy (non-hydrogen) atoms. The molecule has 1 aliphatic heterocycles. The molecule has 1 heterocycles. The lowest BCUT2D eigenvalue weighted by Gasteiger charge is -2.26. The highest BCUT2D eigenvalue weighted by molar-refractivity contribution is 5.89. The fraction of sp³-hybridized carbons (Fsp3) is 0.636. The van der Waals surface area contributed by atoms with Gasteiger partial charge in [0.15, 0.2) is 0 Å². The van der Waals surface area contributed by atoms with E-state index in [1.165, 1.54) is 32.1 Å². The quantitative estimate of drug-likeness (QED) is 0.780. The van der Waals surface area contributed by atoms with Crippen LogP contribution in [-0.4, -0.2) is 56.2 Å². The number of nitrogens with zero attached hydrogens (tertiary/aromatic N) is 1. The van der Waals surface area contributed by atoms with Gasteiger partial charge in [-0.25, -0.2) is 0 Å². The lowest BCUT2D eigenvalue weighted by Crippen LogP contribution is -2.47. The van der Waals surface area contributed by atoms with E-state index >= 15 is 0 Å². The normalized spacial score (nSPS) is 22.9. The van der Waals surface area contributed by atoms with Crippen molar-refractivity contribution in [2.24, 2.45) is 5.92 Å². The van der Waals surface area contributed by atoms with Crippen LogP contribution < -0.4 is 10.1 Å². The highest BCUT2D eigenvalue weighted by Crippen LogP contribution is 2.25. The fourth-order valence-electron chi connectivity index (χ4n) is 4.30. The Kier molecular flexibility index (Phi) is 7.31. The molecule has 0 unspecified atom stereocenters. The zero-order chi connectivity index (χ0) is 19.9. The van der Waals surface area contributed by atoms with Crippen molar-refractivity contribution in [2.45, 2.75) is 57.1 Å². The lowest BCUT2D eigenvalue weighted by molar-refractivity contribution is -0.138. The molecule has 0 aromatic heterocycles. The Labute approximate surface area is 167 Å². The number of ether oxygens (including phenoxy) is 2. The summed E-state index contributed by atoms with van der Waals surface area (Å²) in [4.78, 5) is 27.5. The third-order valence-corrected chi connectivity index (χ3v) is 6.00. The van der Waals surface area contributed by atoms with Crippen LogP contribution in [0.15, 0.2) is 24.3 Å². The molecule has 2 atom stereocenters. The number of nitrogens with one attached hydrogen (secondary N) is 1. The highest BCUT2D eigenvalue weighted by Gasteiger charge is 2.39. The summed E-state index contributed by atoms with van der Waals surface area (Å²) in [6.45, 7) is 1.17. The number of methoxy groups -OCH3 is 2. The summed E-state index contributed by atoms with van der Waals surface area (Å²) in [6, 6.07) is 7.04. The topological polar surface area (TPSA) is 67.9 Å². The highest BCUT2D eigenvalue weighted by atomic mass is 16.5. The molecule has 2 amide bonds. The Morgan fingerprint density at radius 3 is 2.68 bits per heavy atom. The lowest BCUT2D eigenvalue weighted by atomic mass is 9.89. The van der Waals surface area contributed by atoms with Crippen molar-refractivity contribution in [3.63, 3.8) is 0 Å². The number of amides is 2. The van der Waals surface area contributed by atoms with Crippen LogP contribution >= 0.6 is 0 Å². The maximum atomic E-state index is 12.9. The number of benzene rings is 1.